The SMILES string of the molecule is CCc1cccc(C)c1N1CC(C(=O)Nc2ccc(N3CCCC3)cc2)CC1=O. The molecule has 2 aliphatic heterocycles. The highest BCUT2D eigenvalue weighted by Crippen LogP contribution is 2.32. The third-order valence-corrected chi connectivity index (χ3v) is 6.07. The van der Waals surface area contributed by atoms with E-state index in [0.717, 1.165) is 42.0 Å². The molecule has 1 atom stereocenters. The first-order valence-corrected chi connectivity index (χ1v) is 10.6. The molecule has 1 N–H and O–H groups in total. The van der Waals surface area contributed by atoms with E-state index in [1.54, 1.807) is 4.90 Å². The number of nitrogens with one attached hydrogen (secondary N) is 1. The molecule has 0 saturated carbocycles. The van der Waals surface area contributed by atoms with Gasteiger partial charge >= 0.3 is 0 Å². The zero-order valence-corrected chi connectivity index (χ0v) is 17.3. The number of hydrogen-bond acceptors (Lipinski definition) is 3. The van der Waals surface area contributed by atoms with Crippen molar-refractivity contribution in [2.75, 3.05) is 34.8 Å². The highest BCUT2D eigenvalue weighted by atomic mass is 16.2. The molecule has 2 heterocycles. The lowest BCUT2D eigenvalue weighted by molar-refractivity contribution is -0.122. The maximum atomic E-state index is 12.8. The van der Waals surface area contributed by atoms with Crippen LogP contribution in [0.1, 0.15) is 37.3 Å². The minimum Gasteiger partial charge on any atom is -0.372 e. The summed E-state index contributed by atoms with van der Waals surface area (Å²) < 4.78 is 0. The lowest BCUT2D eigenvalue weighted by atomic mass is 10.0. The van der Waals surface area contributed by atoms with Crippen molar-refractivity contribution in [3.8, 4) is 0 Å². The molecule has 0 radical (unpaired) electrons. The van der Waals surface area contributed by atoms with Crippen molar-refractivity contribution in [2.24, 2.45) is 5.92 Å². The van der Waals surface area contributed by atoms with Crippen molar-refractivity contribution in [3.63, 3.8) is 0 Å². The molecule has 0 aliphatic carbocycles. The van der Waals surface area contributed by atoms with Gasteiger partial charge < -0.3 is 15.1 Å². The van der Waals surface area contributed by atoms with Gasteiger partial charge in [0.15, 0.2) is 0 Å². The van der Waals surface area contributed by atoms with Crippen LogP contribution in [0.15, 0.2) is 42.5 Å². The van der Waals surface area contributed by atoms with Crippen LogP contribution in [-0.4, -0.2) is 31.4 Å². The Labute approximate surface area is 172 Å². The average molecular weight is 392 g/mol. The van der Waals surface area contributed by atoms with E-state index >= 15 is 0 Å². The van der Waals surface area contributed by atoms with E-state index in [-0.39, 0.29) is 24.2 Å². The van der Waals surface area contributed by atoms with Gasteiger partial charge in [-0.25, -0.2) is 0 Å². The summed E-state index contributed by atoms with van der Waals surface area (Å²) in [5.41, 5.74) is 5.20. The molecule has 2 aromatic rings. The number of nitrogens with zero attached hydrogens (tertiary/aromatic N) is 2. The number of para-hydroxylation sites is 1. The molecule has 0 aromatic heterocycles. The number of amides is 2. The Morgan fingerprint density at radius 1 is 1.10 bits per heavy atom. The standard InChI is InChI=1S/C24H29N3O2/c1-3-18-8-6-7-17(2)23(18)27-16-19(15-22(27)28)24(29)25-20-9-11-21(12-10-20)26-13-4-5-14-26/h6-12,19H,3-5,13-16H2,1-2H3,(H,25,29). The maximum absolute atomic E-state index is 12.8. The van der Waals surface area contributed by atoms with E-state index in [1.807, 2.05) is 31.2 Å². The van der Waals surface area contributed by atoms with E-state index < -0.39 is 0 Å². The molecule has 2 aromatic carbocycles. The van der Waals surface area contributed by atoms with E-state index in [4.69, 9.17) is 0 Å². The summed E-state index contributed by atoms with van der Waals surface area (Å²) in [6.45, 7) is 6.76. The number of benzene rings is 2. The molecule has 2 saturated heterocycles. The topological polar surface area (TPSA) is 52.7 Å². The Morgan fingerprint density at radius 2 is 1.83 bits per heavy atom. The summed E-state index contributed by atoms with van der Waals surface area (Å²) in [6.07, 6.45) is 3.60. The molecule has 5 heteroatoms. The number of hydrogen-bond donors (Lipinski definition) is 1. The normalized spacial score (nSPS) is 19.1. The van der Waals surface area contributed by atoms with Crippen LogP contribution in [0, 0.1) is 12.8 Å². The van der Waals surface area contributed by atoms with Gasteiger partial charge in [-0.15, -0.1) is 0 Å². The summed E-state index contributed by atoms with van der Waals surface area (Å²) in [5, 5.41) is 3.00. The van der Waals surface area contributed by atoms with Gasteiger partial charge in [0.2, 0.25) is 11.8 Å². The fourth-order valence-corrected chi connectivity index (χ4v) is 4.47. The molecule has 2 amide bonds. The van der Waals surface area contributed by atoms with Gasteiger partial charge in [0, 0.05) is 43.1 Å². The Balaban J connectivity index is 1.43. The second-order valence-corrected chi connectivity index (χ2v) is 8.07. The lowest BCUT2D eigenvalue weighted by Gasteiger charge is -2.22. The van der Waals surface area contributed by atoms with Gasteiger partial charge in [-0.2, -0.15) is 0 Å². The van der Waals surface area contributed by atoms with E-state index in [1.165, 1.54) is 18.5 Å². The first-order valence-electron chi connectivity index (χ1n) is 10.6. The molecule has 5 nitrogen and oxygen atoms in total. The van der Waals surface area contributed by atoms with Crippen LogP contribution in [0.3, 0.4) is 0 Å². The largest absolute Gasteiger partial charge is 0.372 e. The predicted molar refractivity (Wildman–Crippen MR) is 118 cm³/mol. The van der Waals surface area contributed by atoms with E-state index in [0.29, 0.717) is 6.54 Å². The molecule has 2 aliphatic rings. The van der Waals surface area contributed by atoms with Crippen LogP contribution in [-0.2, 0) is 16.0 Å². The highest BCUT2D eigenvalue weighted by molar-refractivity contribution is 6.04. The zero-order chi connectivity index (χ0) is 20.4. The Morgan fingerprint density at radius 3 is 2.52 bits per heavy atom. The summed E-state index contributed by atoms with van der Waals surface area (Å²) in [7, 11) is 0. The maximum Gasteiger partial charge on any atom is 0.229 e. The molecule has 152 valence electrons. The van der Waals surface area contributed by atoms with Crippen LogP contribution < -0.4 is 15.1 Å². The second kappa shape index (κ2) is 8.27. The number of aryl methyl sites for hydroxylation is 2. The van der Waals surface area contributed by atoms with Crippen molar-refractivity contribution >= 4 is 28.9 Å². The third-order valence-electron chi connectivity index (χ3n) is 6.07. The van der Waals surface area contributed by atoms with Gasteiger partial charge in [-0.1, -0.05) is 25.1 Å². The quantitative estimate of drug-likeness (QED) is 0.833. The van der Waals surface area contributed by atoms with Crippen LogP contribution in [0.5, 0.6) is 0 Å². The zero-order valence-electron chi connectivity index (χ0n) is 17.3. The fourth-order valence-electron chi connectivity index (χ4n) is 4.47. The molecule has 29 heavy (non-hydrogen) atoms. The van der Waals surface area contributed by atoms with Gasteiger partial charge in [-0.3, -0.25) is 9.59 Å². The van der Waals surface area contributed by atoms with Crippen molar-refractivity contribution in [1.29, 1.82) is 0 Å². The molecule has 1 unspecified atom stereocenters. The first-order chi connectivity index (χ1) is 14.1. The minimum absolute atomic E-state index is 0.0264. The van der Waals surface area contributed by atoms with E-state index in [2.05, 4.69) is 35.3 Å². The summed E-state index contributed by atoms with van der Waals surface area (Å²) in [6, 6.07) is 14.1. The van der Waals surface area contributed by atoms with E-state index in [9.17, 15) is 9.59 Å². The van der Waals surface area contributed by atoms with Crippen molar-refractivity contribution in [3.05, 3.63) is 53.6 Å². The monoisotopic (exact) mass is 391 g/mol. The van der Waals surface area contributed by atoms with Gasteiger partial charge in [0.25, 0.3) is 0 Å². The molecular formula is C24H29N3O2. The van der Waals surface area contributed by atoms with Crippen molar-refractivity contribution in [2.45, 2.75) is 39.5 Å². The van der Waals surface area contributed by atoms with Crippen molar-refractivity contribution < 1.29 is 9.59 Å². The van der Waals surface area contributed by atoms with Crippen LogP contribution in [0.4, 0.5) is 17.1 Å². The second-order valence-electron chi connectivity index (χ2n) is 8.07. The highest BCUT2D eigenvalue weighted by Gasteiger charge is 2.36. The van der Waals surface area contributed by atoms with Crippen molar-refractivity contribution in [1.82, 2.24) is 0 Å². The van der Waals surface area contributed by atoms with Gasteiger partial charge in [0.05, 0.1) is 5.92 Å². The van der Waals surface area contributed by atoms with Crippen LogP contribution in [0.25, 0.3) is 0 Å². The third kappa shape index (κ3) is 4.00. The lowest BCUT2D eigenvalue weighted by Crippen LogP contribution is -2.29. The molecule has 0 bridgehead atoms. The summed E-state index contributed by atoms with van der Waals surface area (Å²) in [5.74, 6) is -0.384. The molecule has 4 rings (SSSR count). The molecule has 0 spiro atoms. The number of anilines is 3. The average Bonchev–Trinajstić information content (AvgIpc) is 3.38. The van der Waals surface area contributed by atoms with Gasteiger partial charge in [0.1, 0.15) is 0 Å². The predicted octanol–water partition coefficient (Wildman–Crippen LogP) is 4.15. The molecule has 2 fully saturated rings. The Hall–Kier alpha value is -2.82. The number of carbonyl (C=O) groups is 2. The number of rotatable bonds is 5. The summed E-state index contributed by atoms with van der Waals surface area (Å²) >= 11 is 0. The van der Waals surface area contributed by atoms with Crippen LogP contribution >= 0.6 is 0 Å². The fraction of sp³-hybridized carbons (Fsp3) is 0.417. The molecular weight excluding hydrogens is 362 g/mol. The number of carbonyl (C=O) groups excluding carboxylic acids is 2. The van der Waals surface area contributed by atoms with Crippen LogP contribution in [0.2, 0.25) is 0 Å². The van der Waals surface area contributed by atoms with Gasteiger partial charge in [-0.05, 0) is 61.6 Å². The minimum atomic E-state index is -0.329. The first kappa shape index (κ1) is 19.5. The summed E-state index contributed by atoms with van der Waals surface area (Å²) in [4.78, 5) is 29.7. The Kier molecular flexibility index (Phi) is 5.56. The Bertz CT molecular complexity index is 901. The smallest absolute Gasteiger partial charge is 0.229 e.